The Kier molecular flexibility index (Phi) is 6.54. The van der Waals surface area contributed by atoms with Crippen molar-refractivity contribution in [1.29, 1.82) is 0 Å². The maximum atomic E-state index is 10.4. The SMILES string of the molecule is CC(C)OCCNCC(C)C(=O)O. The standard InChI is InChI=1S/C9H19NO3/c1-7(2)13-5-4-10-6-8(3)9(11)12/h7-8,10H,4-6H2,1-3H3,(H,11,12). The highest BCUT2D eigenvalue weighted by atomic mass is 16.5. The molecule has 0 bridgehead atoms. The molecule has 0 saturated carbocycles. The third-order valence-electron chi connectivity index (χ3n) is 1.60. The summed E-state index contributed by atoms with van der Waals surface area (Å²) in [6.07, 6.45) is 0.235. The van der Waals surface area contributed by atoms with E-state index >= 15 is 0 Å². The first-order valence-electron chi connectivity index (χ1n) is 4.59. The summed E-state index contributed by atoms with van der Waals surface area (Å²) < 4.78 is 5.27. The Morgan fingerprint density at radius 2 is 2.08 bits per heavy atom. The minimum absolute atomic E-state index is 0.235. The monoisotopic (exact) mass is 189 g/mol. The molecule has 0 aromatic carbocycles. The Morgan fingerprint density at radius 3 is 2.54 bits per heavy atom. The number of ether oxygens (including phenoxy) is 1. The first kappa shape index (κ1) is 12.4. The van der Waals surface area contributed by atoms with Gasteiger partial charge in [-0.25, -0.2) is 0 Å². The number of carbonyl (C=O) groups is 1. The Labute approximate surface area is 79.3 Å². The van der Waals surface area contributed by atoms with E-state index in [1.807, 2.05) is 13.8 Å². The number of aliphatic carboxylic acids is 1. The minimum atomic E-state index is -0.766. The van der Waals surface area contributed by atoms with Crippen LogP contribution >= 0.6 is 0 Å². The summed E-state index contributed by atoms with van der Waals surface area (Å²) in [6.45, 7) is 7.45. The molecule has 0 fully saturated rings. The van der Waals surface area contributed by atoms with Gasteiger partial charge in [0.15, 0.2) is 0 Å². The zero-order valence-corrected chi connectivity index (χ0v) is 8.54. The van der Waals surface area contributed by atoms with Gasteiger partial charge in [0.2, 0.25) is 0 Å². The quantitative estimate of drug-likeness (QED) is 0.579. The average molecular weight is 189 g/mol. The highest BCUT2D eigenvalue weighted by molar-refractivity contribution is 5.69. The van der Waals surface area contributed by atoms with E-state index in [0.29, 0.717) is 19.7 Å². The van der Waals surface area contributed by atoms with E-state index in [9.17, 15) is 4.79 Å². The first-order valence-corrected chi connectivity index (χ1v) is 4.59. The van der Waals surface area contributed by atoms with E-state index < -0.39 is 5.97 Å². The van der Waals surface area contributed by atoms with Crippen molar-refractivity contribution in [3.05, 3.63) is 0 Å². The molecule has 78 valence electrons. The highest BCUT2D eigenvalue weighted by Gasteiger charge is 2.08. The molecule has 0 saturated heterocycles. The van der Waals surface area contributed by atoms with Crippen LogP contribution in [-0.4, -0.2) is 36.9 Å². The summed E-state index contributed by atoms with van der Waals surface area (Å²) >= 11 is 0. The largest absolute Gasteiger partial charge is 0.481 e. The molecule has 0 aliphatic heterocycles. The van der Waals surface area contributed by atoms with E-state index in [4.69, 9.17) is 9.84 Å². The Morgan fingerprint density at radius 1 is 1.46 bits per heavy atom. The lowest BCUT2D eigenvalue weighted by Gasteiger charge is -2.10. The molecular formula is C9H19NO3. The van der Waals surface area contributed by atoms with Gasteiger partial charge >= 0.3 is 5.97 Å². The van der Waals surface area contributed by atoms with Gasteiger partial charge in [-0.2, -0.15) is 0 Å². The molecule has 0 rings (SSSR count). The van der Waals surface area contributed by atoms with Gasteiger partial charge in [-0.3, -0.25) is 4.79 Å². The maximum absolute atomic E-state index is 10.4. The zero-order chi connectivity index (χ0) is 10.3. The molecule has 13 heavy (non-hydrogen) atoms. The Bertz CT molecular complexity index is 148. The fraction of sp³-hybridized carbons (Fsp3) is 0.889. The van der Waals surface area contributed by atoms with Gasteiger partial charge in [0, 0.05) is 13.1 Å². The summed E-state index contributed by atoms with van der Waals surface area (Å²) in [5, 5.41) is 11.6. The lowest BCUT2D eigenvalue weighted by Crippen LogP contribution is -2.29. The van der Waals surface area contributed by atoms with E-state index in [-0.39, 0.29) is 12.0 Å². The third-order valence-corrected chi connectivity index (χ3v) is 1.60. The van der Waals surface area contributed by atoms with E-state index in [1.54, 1.807) is 6.92 Å². The molecule has 2 N–H and O–H groups in total. The topological polar surface area (TPSA) is 58.6 Å². The van der Waals surface area contributed by atoms with E-state index in [0.717, 1.165) is 0 Å². The molecule has 0 aliphatic rings. The van der Waals surface area contributed by atoms with Crippen LogP contribution in [0, 0.1) is 5.92 Å². The van der Waals surface area contributed by atoms with Crippen LogP contribution in [0.4, 0.5) is 0 Å². The van der Waals surface area contributed by atoms with Crippen molar-refractivity contribution >= 4 is 5.97 Å². The van der Waals surface area contributed by atoms with Gasteiger partial charge < -0.3 is 15.2 Å². The average Bonchev–Trinajstić information content (AvgIpc) is 2.02. The molecular weight excluding hydrogens is 170 g/mol. The van der Waals surface area contributed by atoms with Crippen LogP contribution in [-0.2, 0) is 9.53 Å². The lowest BCUT2D eigenvalue weighted by molar-refractivity contribution is -0.140. The molecule has 0 spiro atoms. The fourth-order valence-corrected chi connectivity index (χ4v) is 0.773. The van der Waals surface area contributed by atoms with Crippen molar-refractivity contribution in [3.63, 3.8) is 0 Å². The van der Waals surface area contributed by atoms with Crippen LogP contribution < -0.4 is 5.32 Å². The predicted molar refractivity (Wildman–Crippen MR) is 50.8 cm³/mol. The molecule has 0 aromatic rings. The second kappa shape index (κ2) is 6.86. The summed E-state index contributed by atoms with van der Waals surface area (Å²) in [4.78, 5) is 10.4. The summed E-state index contributed by atoms with van der Waals surface area (Å²) in [6, 6.07) is 0. The van der Waals surface area contributed by atoms with Gasteiger partial charge in [-0.1, -0.05) is 6.92 Å². The number of hydrogen-bond acceptors (Lipinski definition) is 3. The second-order valence-corrected chi connectivity index (χ2v) is 3.36. The summed E-state index contributed by atoms with van der Waals surface area (Å²) in [5.74, 6) is -1.10. The van der Waals surface area contributed by atoms with Crippen LogP contribution in [0.3, 0.4) is 0 Å². The van der Waals surface area contributed by atoms with E-state index in [1.165, 1.54) is 0 Å². The van der Waals surface area contributed by atoms with Crippen LogP contribution in [0.15, 0.2) is 0 Å². The number of carboxylic acid groups (broad SMARTS) is 1. The number of nitrogens with one attached hydrogen (secondary N) is 1. The molecule has 1 atom stereocenters. The number of carboxylic acids is 1. The predicted octanol–water partition coefficient (Wildman–Crippen LogP) is 0.722. The first-order chi connectivity index (χ1) is 6.04. The Balaban J connectivity index is 3.21. The highest BCUT2D eigenvalue weighted by Crippen LogP contribution is 1.91. The van der Waals surface area contributed by atoms with Crippen molar-refractivity contribution in [2.24, 2.45) is 5.92 Å². The van der Waals surface area contributed by atoms with Crippen LogP contribution in [0.1, 0.15) is 20.8 Å². The molecule has 0 heterocycles. The van der Waals surface area contributed by atoms with Gasteiger partial charge in [0.25, 0.3) is 0 Å². The van der Waals surface area contributed by atoms with Crippen molar-refractivity contribution in [1.82, 2.24) is 5.32 Å². The summed E-state index contributed by atoms with van der Waals surface area (Å²) in [7, 11) is 0. The van der Waals surface area contributed by atoms with Crippen LogP contribution in [0.2, 0.25) is 0 Å². The lowest BCUT2D eigenvalue weighted by atomic mass is 10.2. The third kappa shape index (κ3) is 7.74. The maximum Gasteiger partial charge on any atom is 0.307 e. The van der Waals surface area contributed by atoms with Crippen molar-refractivity contribution in [3.8, 4) is 0 Å². The molecule has 0 aliphatic carbocycles. The molecule has 4 heteroatoms. The van der Waals surface area contributed by atoms with Gasteiger partial charge in [-0.05, 0) is 13.8 Å². The smallest absolute Gasteiger partial charge is 0.307 e. The number of rotatable bonds is 7. The van der Waals surface area contributed by atoms with E-state index in [2.05, 4.69) is 5.32 Å². The van der Waals surface area contributed by atoms with Crippen molar-refractivity contribution in [2.75, 3.05) is 19.7 Å². The van der Waals surface area contributed by atoms with Crippen molar-refractivity contribution in [2.45, 2.75) is 26.9 Å². The normalized spacial score (nSPS) is 13.2. The van der Waals surface area contributed by atoms with Gasteiger partial charge in [-0.15, -0.1) is 0 Å². The fourth-order valence-electron chi connectivity index (χ4n) is 0.773. The number of hydrogen-bond donors (Lipinski definition) is 2. The van der Waals surface area contributed by atoms with Crippen molar-refractivity contribution < 1.29 is 14.6 Å². The molecule has 0 amide bonds. The van der Waals surface area contributed by atoms with Crippen LogP contribution in [0.25, 0.3) is 0 Å². The zero-order valence-electron chi connectivity index (χ0n) is 8.54. The van der Waals surface area contributed by atoms with Crippen LogP contribution in [0.5, 0.6) is 0 Å². The molecule has 0 aromatic heterocycles. The second-order valence-electron chi connectivity index (χ2n) is 3.36. The molecule has 0 radical (unpaired) electrons. The summed E-state index contributed by atoms with van der Waals surface area (Å²) in [5.41, 5.74) is 0. The Hall–Kier alpha value is -0.610. The molecule has 4 nitrogen and oxygen atoms in total. The van der Waals surface area contributed by atoms with Gasteiger partial charge in [0.05, 0.1) is 18.6 Å². The van der Waals surface area contributed by atoms with Gasteiger partial charge in [0.1, 0.15) is 0 Å². The molecule has 1 unspecified atom stereocenters. The minimum Gasteiger partial charge on any atom is -0.481 e.